The van der Waals surface area contributed by atoms with Gasteiger partial charge in [0.25, 0.3) is 0 Å². The van der Waals surface area contributed by atoms with Crippen LogP contribution in [0.15, 0.2) is 17.3 Å². The van der Waals surface area contributed by atoms with Crippen molar-refractivity contribution in [1.29, 1.82) is 0 Å². The molecular formula is C7H12N2O3S. The summed E-state index contributed by atoms with van der Waals surface area (Å²) in [6.45, 7) is 1.44. The Morgan fingerprint density at radius 2 is 2.31 bits per heavy atom. The van der Waals surface area contributed by atoms with E-state index in [0.29, 0.717) is 0 Å². The van der Waals surface area contributed by atoms with Gasteiger partial charge in [-0.05, 0) is 6.92 Å². The highest BCUT2D eigenvalue weighted by molar-refractivity contribution is 7.91. The molecular weight excluding hydrogens is 192 g/mol. The summed E-state index contributed by atoms with van der Waals surface area (Å²) in [6, 6.07) is 0. The Morgan fingerprint density at radius 3 is 2.69 bits per heavy atom. The van der Waals surface area contributed by atoms with Gasteiger partial charge in [0, 0.05) is 13.2 Å². The average Bonchev–Trinajstić information content (AvgIpc) is 2.32. The molecule has 0 fully saturated rings. The van der Waals surface area contributed by atoms with E-state index in [9.17, 15) is 8.42 Å². The largest absolute Gasteiger partial charge is 0.392 e. The molecule has 1 aromatic heterocycles. The zero-order valence-corrected chi connectivity index (χ0v) is 8.32. The van der Waals surface area contributed by atoms with Crippen molar-refractivity contribution in [3.8, 4) is 0 Å². The smallest absolute Gasteiger partial charge is 0.183 e. The predicted octanol–water partition coefficient (Wildman–Crippen LogP) is -0.425. The average molecular weight is 204 g/mol. The molecule has 0 aliphatic carbocycles. The standard InChI is InChI=1S/C7H12N2O3S/c1-6(10)5-13(11,12)7-3-8-9(2)4-7/h3-4,6,10H,5H2,1-2H3. The lowest BCUT2D eigenvalue weighted by molar-refractivity contribution is 0.218. The first-order valence-corrected chi connectivity index (χ1v) is 5.46. The summed E-state index contributed by atoms with van der Waals surface area (Å²) in [7, 11) is -1.73. The topological polar surface area (TPSA) is 72.2 Å². The molecule has 1 atom stereocenters. The highest BCUT2D eigenvalue weighted by Gasteiger charge is 2.18. The van der Waals surface area contributed by atoms with Crippen LogP contribution in [0.25, 0.3) is 0 Å². The minimum absolute atomic E-state index is 0.149. The molecule has 0 spiro atoms. The number of sulfone groups is 1. The molecule has 0 aliphatic rings. The molecule has 0 amide bonds. The maximum atomic E-state index is 11.4. The quantitative estimate of drug-likeness (QED) is 0.725. The molecule has 0 radical (unpaired) electrons. The van der Waals surface area contributed by atoms with Crippen molar-refractivity contribution in [3.63, 3.8) is 0 Å². The second-order valence-corrected chi connectivity index (χ2v) is 5.01. The number of nitrogens with zero attached hydrogens (tertiary/aromatic N) is 2. The summed E-state index contributed by atoms with van der Waals surface area (Å²) in [5, 5.41) is 12.7. The van der Waals surface area contributed by atoms with Crippen molar-refractivity contribution in [3.05, 3.63) is 12.4 Å². The Morgan fingerprint density at radius 1 is 1.69 bits per heavy atom. The van der Waals surface area contributed by atoms with Gasteiger partial charge in [-0.15, -0.1) is 0 Å². The van der Waals surface area contributed by atoms with E-state index in [1.807, 2.05) is 0 Å². The molecule has 0 saturated carbocycles. The molecule has 6 heteroatoms. The number of aliphatic hydroxyl groups excluding tert-OH is 1. The number of hydrogen-bond acceptors (Lipinski definition) is 4. The van der Waals surface area contributed by atoms with Gasteiger partial charge in [-0.3, -0.25) is 4.68 Å². The Bertz CT molecular complexity index is 380. The van der Waals surface area contributed by atoms with Crippen molar-refractivity contribution >= 4 is 9.84 Å². The zero-order valence-electron chi connectivity index (χ0n) is 7.51. The van der Waals surface area contributed by atoms with E-state index < -0.39 is 15.9 Å². The Kier molecular flexibility index (Phi) is 2.72. The van der Waals surface area contributed by atoms with E-state index in [1.54, 1.807) is 7.05 Å². The van der Waals surface area contributed by atoms with Crippen molar-refractivity contribution in [2.24, 2.45) is 7.05 Å². The Labute approximate surface area is 76.9 Å². The van der Waals surface area contributed by atoms with E-state index in [-0.39, 0.29) is 10.6 Å². The van der Waals surface area contributed by atoms with Gasteiger partial charge in [-0.25, -0.2) is 8.42 Å². The summed E-state index contributed by atoms with van der Waals surface area (Å²) >= 11 is 0. The monoisotopic (exact) mass is 204 g/mol. The van der Waals surface area contributed by atoms with Crippen LogP contribution in [-0.2, 0) is 16.9 Å². The van der Waals surface area contributed by atoms with Crippen LogP contribution in [0.5, 0.6) is 0 Å². The summed E-state index contributed by atoms with van der Waals surface area (Å²) in [5.41, 5.74) is 0. The van der Waals surface area contributed by atoms with Crippen LogP contribution in [0, 0.1) is 0 Å². The molecule has 1 N–H and O–H groups in total. The molecule has 1 rings (SSSR count). The number of aryl methyl sites for hydroxylation is 1. The number of aromatic nitrogens is 2. The van der Waals surface area contributed by atoms with Gasteiger partial charge in [0.15, 0.2) is 9.84 Å². The number of hydrogen-bond donors (Lipinski definition) is 1. The molecule has 1 aromatic rings. The van der Waals surface area contributed by atoms with Gasteiger partial charge in [-0.1, -0.05) is 0 Å². The van der Waals surface area contributed by atoms with Crippen LogP contribution >= 0.6 is 0 Å². The van der Waals surface area contributed by atoms with Gasteiger partial charge < -0.3 is 5.11 Å². The van der Waals surface area contributed by atoms with Gasteiger partial charge in [0.05, 0.1) is 18.1 Å². The fourth-order valence-electron chi connectivity index (χ4n) is 0.973. The highest BCUT2D eigenvalue weighted by Crippen LogP contribution is 2.09. The first-order valence-electron chi connectivity index (χ1n) is 3.81. The van der Waals surface area contributed by atoms with Crippen LogP contribution in [0.3, 0.4) is 0 Å². The van der Waals surface area contributed by atoms with Crippen LogP contribution in [0.2, 0.25) is 0 Å². The summed E-state index contributed by atoms with van der Waals surface area (Å²) < 4.78 is 24.3. The van der Waals surface area contributed by atoms with Crippen molar-refractivity contribution in [1.82, 2.24) is 9.78 Å². The second-order valence-electron chi connectivity index (χ2n) is 2.98. The van der Waals surface area contributed by atoms with Crippen molar-refractivity contribution in [2.75, 3.05) is 5.75 Å². The van der Waals surface area contributed by atoms with E-state index in [1.165, 1.54) is 24.0 Å². The molecule has 1 heterocycles. The lowest BCUT2D eigenvalue weighted by Crippen LogP contribution is -2.17. The Balaban J connectivity index is 2.95. The minimum atomic E-state index is -3.37. The van der Waals surface area contributed by atoms with Crippen LogP contribution in [0.1, 0.15) is 6.92 Å². The van der Waals surface area contributed by atoms with Crippen molar-refractivity contribution < 1.29 is 13.5 Å². The van der Waals surface area contributed by atoms with Gasteiger partial charge in [0.2, 0.25) is 0 Å². The third-order valence-corrected chi connectivity index (χ3v) is 3.35. The normalized spacial score (nSPS) is 14.4. The SMILES string of the molecule is CC(O)CS(=O)(=O)c1cnn(C)c1. The maximum absolute atomic E-state index is 11.4. The maximum Gasteiger partial charge on any atom is 0.183 e. The third kappa shape index (κ3) is 2.53. The first kappa shape index (κ1) is 10.2. The van der Waals surface area contributed by atoms with Gasteiger partial charge in [0.1, 0.15) is 4.90 Å². The molecule has 13 heavy (non-hydrogen) atoms. The lowest BCUT2D eigenvalue weighted by atomic mass is 10.5. The van der Waals surface area contributed by atoms with Crippen LogP contribution in [-0.4, -0.2) is 35.2 Å². The Hall–Kier alpha value is -0.880. The third-order valence-electron chi connectivity index (χ3n) is 1.50. The molecule has 0 aliphatic heterocycles. The zero-order chi connectivity index (χ0) is 10.1. The molecule has 74 valence electrons. The van der Waals surface area contributed by atoms with Crippen LogP contribution in [0.4, 0.5) is 0 Å². The van der Waals surface area contributed by atoms with E-state index in [4.69, 9.17) is 5.11 Å². The number of aliphatic hydroxyl groups is 1. The van der Waals surface area contributed by atoms with E-state index in [2.05, 4.69) is 5.10 Å². The summed E-state index contributed by atoms with van der Waals surface area (Å²) in [6.07, 6.45) is 1.83. The first-order chi connectivity index (χ1) is 5.92. The molecule has 0 aromatic carbocycles. The molecule has 1 unspecified atom stereocenters. The van der Waals surface area contributed by atoms with E-state index >= 15 is 0 Å². The fourth-order valence-corrected chi connectivity index (χ4v) is 2.32. The predicted molar refractivity (Wildman–Crippen MR) is 46.9 cm³/mol. The van der Waals surface area contributed by atoms with Crippen molar-refractivity contribution in [2.45, 2.75) is 17.9 Å². The summed E-state index contributed by atoms with van der Waals surface area (Å²) in [5.74, 6) is -0.265. The number of rotatable bonds is 3. The fraction of sp³-hybridized carbons (Fsp3) is 0.571. The molecule has 5 nitrogen and oxygen atoms in total. The van der Waals surface area contributed by atoms with Gasteiger partial charge in [-0.2, -0.15) is 5.10 Å². The highest BCUT2D eigenvalue weighted by atomic mass is 32.2. The van der Waals surface area contributed by atoms with Crippen LogP contribution < -0.4 is 0 Å². The second kappa shape index (κ2) is 3.47. The molecule has 0 bridgehead atoms. The summed E-state index contributed by atoms with van der Waals surface area (Å²) in [4.78, 5) is 0.149. The molecule has 0 saturated heterocycles. The van der Waals surface area contributed by atoms with E-state index in [0.717, 1.165) is 0 Å². The minimum Gasteiger partial charge on any atom is -0.392 e. The lowest BCUT2D eigenvalue weighted by Gasteiger charge is -2.02. The van der Waals surface area contributed by atoms with Gasteiger partial charge >= 0.3 is 0 Å².